The van der Waals surface area contributed by atoms with Gasteiger partial charge in [-0.25, -0.2) is 4.98 Å². The minimum absolute atomic E-state index is 0.0557. The van der Waals surface area contributed by atoms with E-state index >= 15 is 0 Å². The summed E-state index contributed by atoms with van der Waals surface area (Å²) >= 11 is 1.46. The van der Waals surface area contributed by atoms with E-state index in [0.29, 0.717) is 10.3 Å². The SMILES string of the molecule is Cc1cc(C)c2ncc3c(=O)n4ccsc4nc3c2c1. The summed E-state index contributed by atoms with van der Waals surface area (Å²) in [7, 11) is 0. The predicted octanol–water partition coefficient (Wildman–Crippen LogP) is 3.07. The molecule has 0 aliphatic rings. The minimum atomic E-state index is -0.0557. The fourth-order valence-corrected chi connectivity index (χ4v) is 3.36. The van der Waals surface area contributed by atoms with Gasteiger partial charge in [-0.2, -0.15) is 0 Å². The third-order valence-electron chi connectivity index (χ3n) is 3.52. The third-order valence-corrected chi connectivity index (χ3v) is 4.28. The van der Waals surface area contributed by atoms with Crippen molar-refractivity contribution in [2.24, 2.45) is 0 Å². The van der Waals surface area contributed by atoms with Crippen LogP contribution in [-0.4, -0.2) is 14.4 Å². The highest BCUT2D eigenvalue weighted by atomic mass is 32.1. The van der Waals surface area contributed by atoms with Crippen molar-refractivity contribution in [2.45, 2.75) is 13.8 Å². The van der Waals surface area contributed by atoms with Crippen molar-refractivity contribution in [2.75, 3.05) is 0 Å². The Bertz CT molecular complexity index is 1050. The number of thiazole rings is 1. The van der Waals surface area contributed by atoms with Gasteiger partial charge in [-0.15, -0.1) is 11.3 Å². The van der Waals surface area contributed by atoms with Crippen LogP contribution in [0.1, 0.15) is 11.1 Å². The van der Waals surface area contributed by atoms with Crippen LogP contribution in [0, 0.1) is 13.8 Å². The van der Waals surface area contributed by atoms with Gasteiger partial charge in [0.25, 0.3) is 5.56 Å². The summed E-state index contributed by atoms with van der Waals surface area (Å²) in [6.07, 6.45) is 3.39. The Labute approximate surface area is 118 Å². The molecule has 4 rings (SSSR count). The van der Waals surface area contributed by atoms with Crippen LogP contribution < -0.4 is 5.56 Å². The summed E-state index contributed by atoms with van der Waals surface area (Å²) in [6, 6.07) is 4.14. The Morgan fingerprint density at radius 2 is 2.00 bits per heavy atom. The number of rotatable bonds is 0. The van der Waals surface area contributed by atoms with E-state index in [-0.39, 0.29) is 5.56 Å². The van der Waals surface area contributed by atoms with Crippen molar-refractivity contribution in [3.63, 3.8) is 0 Å². The lowest BCUT2D eigenvalue weighted by Gasteiger charge is -2.06. The number of fused-ring (bicyclic) bond motifs is 4. The van der Waals surface area contributed by atoms with E-state index in [0.717, 1.165) is 27.5 Å². The molecule has 0 atom stereocenters. The van der Waals surface area contributed by atoms with Crippen molar-refractivity contribution in [3.8, 4) is 0 Å². The first-order chi connectivity index (χ1) is 9.65. The first-order valence-corrected chi connectivity index (χ1v) is 7.18. The first-order valence-electron chi connectivity index (χ1n) is 6.31. The smallest absolute Gasteiger partial charge is 0.267 e. The number of aromatic nitrogens is 3. The molecular formula is C15H11N3OS. The highest BCUT2D eigenvalue weighted by molar-refractivity contribution is 7.15. The zero-order valence-corrected chi connectivity index (χ0v) is 11.9. The molecule has 3 heterocycles. The molecule has 0 aliphatic carbocycles. The van der Waals surface area contributed by atoms with Gasteiger partial charge in [0.15, 0.2) is 4.96 Å². The van der Waals surface area contributed by atoms with Crippen LogP contribution in [-0.2, 0) is 0 Å². The highest BCUT2D eigenvalue weighted by Gasteiger charge is 2.11. The zero-order chi connectivity index (χ0) is 13.9. The summed E-state index contributed by atoms with van der Waals surface area (Å²) in [5.41, 5.74) is 3.86. The molecule has 0 bridgehead atoms. The Hall–Kier alpha value is -2.27. The van der Waals surface area contributed by atoms with Crippen LogP contribution in [0.4, 0.5) is 0 Å². The van der Waals surface area contributed by atoms with Gasteiger partial charge in [0.1, 0.15) is 0 Å². The largest absolute Gasteiger partial charge is 0.268 e. The standard InChI is InChI=1S/C15H11N3OS/c1-8-5-9(2)12-10(6-8)13-11(7-16-12)14(19)18-3-4-20-15(18)17-13/h3-7H,1-2H3. The molecule has 0 fully saturated rings. The Kier molecular flexibility index (Phi) is 2.23. The quantitative estimate of drug-likeness (QED) is 0.465. The second-order valence-electron chi connectivity index (χ2n) is 4.97. The van der Waals surface area contributed by atoms with Gasteiger partial charge < -0.3 is 0 Å². The molecule has 4 aromatic rings. The molecule has 1 aromatic carbocycles. The number of benzene rings is 1. The monoisotopic (exact) mass is 281 g/mol. The average molecular weight is 281 g/mol. The van der Waals surface area contributed by atoms with Crippen molar-refractivity contribution in [3.05, 3.63) is 51.4 Å². The molecule has 0 aliphatic heterocycles. The molecular weight excluding hydrogens is 270 g/mol. The van der Waals surface area contributed by atoms with Crippen LogP contribution >= 0.6 is 11.3 Å². The molecule has 0 saturated heterocycles. The molecule has 5 heteroatoms. The van der Waals surface area contributed by atoms with Crippen LogP contribution in [0.2, 0.25) is 0 Å². The van der Waals surface area contributed by atoms with Gasteiger partial charge in [0, 0.05) is 23.2 Å². The van der Waals surface area contributed by atoms with Gasteiger partial charge in [-0.3, -0.25) is 14.2 Å². The molecule has 0 unspecified atom stereocenters. The lowest BCUT2D eigenvalue weighted by Crippen LogP contribution is -2.13. The molecule has 4 nitrogen and oxygen atoms in total. The molecule has 20 heavy (non-hydrogen) atoms. The normalized spacial score (nSPS) is 11.7. The fourth-order valence-electron chi connectivity index (χ4n) is 2.66. The fraction of sp³-hybridized carbons (Fsp3) is 0.133. The Morgan fingerprint density at radius 1 is 1.15 bits per heavy atom. The van der Waals surface area contributed by atoms with Crippen molar-refractivity contribution in [1.29, 1.82) is 0 Å². The van der Waals surface area contributed by atoms with Crippen LogP contribution in [0.15, 0.2) is 34.7 Å². The highest BCUT2D eigenvalue weighted by Crippen LogP contribution is 2.25. The lowest BCUT2D eigenvalue weighted by molar-refractivity contribution is 1.11. The Morgan fingerprint density at radius 3 is 2.85 bits per heavy atom. The second-order valence-corrected chi connectivity index (χ2v) is 5.84. The Balaban J connectivity index is 2.35. The first kappa shape index (κ1) is 11.5. The maximum absolute atomic E-state index is 12.5. The molecule has 98 valence electrons. The van der Waals surface area contributed by atoms with E-state index in [9.17, 15) is 4.79 Å². The van der Waals surface area contributed by atoms with Crippen molar-refractivity contribution < 1.29 is 0 Å². The number of pyridine rings is 1. The minimum Gasteiger partial charge on any atom is -0.268 e. The molecule has 0 N–H and O–H groups in total. The topological polar surface area (TPSA) is 47.3 Å². The molecule has 0 radical (unpaired) electrons. The molecule has 0 amide bonds. The third kappa shape index (κ3) is 1.44. The van der Waals surface area contributed by atoms with Gasteiger partial charge in [-0.05, 0) is 25.5 Å². The van der Waals surface area contributed by atoms with Crippen molar-refractivity contribution >= 4 is 38.1 Å². The summed E-state index contributed by atoms with van der Waals surface area (Å²) in [4.78, 5) is 22.3. The second kappa shape index (κ2) is 3.86. The lowest BCUT2D eigenvalue weighted by atomic mass is 10.1. The zero-order valence-electron chi connectivity index (χ0n) is 11.0. The van der Waals surface area contributed by atoms with E-state index in [1.54, 1.807) is 16.8 Å². The van der Waals surface area contributed by atoms with Crippen molar-refractivity contribution in [1.82, 2.24) is 14.4 Å². The summed E-state index contributed by atoms with van der Waals surface area (Å²) in [5.74, 6) is 0. The molecule has 3 aromatic heterocycles. The van der Waals surface area contributed by atoms with E-state index in [2.05, 4.69) is 16.0 Å². The van der Waals surface area contributed by atoms with Gasteiger partial charge in [0.05, 0.1) is 16.4 Å². The van der Waals surface area contributed by atoms with E-state index < -0.39 is 0 Å². The van der Waals surface area contributed by atoms with E-state index in [1.807, 2.05) is 25.3 Å². The van der Waals surface area contributed by atoms with E-state index in [4.69, 9.17) is 0 Å². The molecule has 0 spiro atoms. The van der Waals surface area contributed by atoms with Gasteiger partial charge >= 0.3 is 0 Å². The number of aryl methyl sites for hydroxylation is 2. The maximum atomic E-state index is 12.5. The summed E-state index contributed by atoms with van der Waals surface area (Å²) in [6.45, 7) is 4.08. The number of hydrogen-bond acceptors (Lipinski definition) is 4. The average Bonchev–Trinajstić information content (AvgIpc) is 2.87. The predicted molar refractivity (Wildman–Crippen MR) is 81.6 cm³/mol. The summed E-state index contributed by atoms with van der Waals surface area (Å²) < 4.78 is 1.57. The summed E-state index contributed by atoms with van der Waals surface area (Å²) in [5, 5.41) is 3.39. The van der Waals surface area contributed by atoms with Gasteiger partial charge in [0.2, 0.25) is 0 Å². The van der Waals surface area contributed by atoms with Crippen LogP contribution in [0.25, 0.3) is 26.8 Å². The molecule has 0 saturated carbocycles. The van der Waals surface area contributed by atoms with E-state index in [1.165, 1.54) is 11.3 Å². The number of nitrogens with zero attached hydrogens (tertiary/aromatic N) is 3. The maximum Gasteiger partial charge on any atom is 0.267 e. The number of hydrogen-bond donors (Lipinski definition) is 0. The van der Waals surface area contributed by atoms with Crippen LogP contribution in [0.5, 0.6) is 0 Å². The van der Waals surface area contributed by atoms with Crippen LogP contribution in [0.3, 0.4) is 0 Å². The van der Waals surface area contributed by atoms with Gasteiger partial charge in [-0.1, -0.05) is 11.6 Å².